The SMILES string of the molecule is Nc1nonc1-n1nnc(C(=O)N/N=C\c2ccc(OCc3cccc4ccccc34)cc2)c1-c1ccccc1. The summed E-state index contributed by atoms with van der Waals surface area (Å²) >= 11 is 0. The van der Waals surface area contributed by atoms with Gasteiger partial charge in [-0.3, -0.25) is 4.79 Å². The molecule has 1 amide bonds. The zero-order valence-electron chi connectivity index (χ0n) is 21.0. The Bertz CT molecular complexity index is 1810. The maximum atomic E-state index is 13.0. The number of nitrogens with two attached hydrogens (primary N) is 1. The Hall–Kier alpha value is -5.84. The number of nitrogens with zero attached hydrogens (tertiary/aromatic N) is 6. The first-order chi connectivity index (χ1) is 19.7. The molecule has 0 fully saturated rings. The molecule has 0 aliphatic carbocycles. The van der Waals surface area contributed by atoms with Crippen LogP contribution in [0.4, 0.5) is 5.82 Å². The van der Waals surface area contributed by atoms with Crippen LogP contribution in [-0.2, 0) is 6.61 Å². The van der Waals surface area contributed by atoms with Crippen LogP contribution in [0, 0.1) is 0 Å². The van der Waals surface area contributed by atoms with Crippen molar-refractivity contribution in [2.45, 2.75) is 6.61 Å². The molecule has 0 radical (unpaired) electrons. The molecular weight excluding hydrogens is 508 g/mol. The van der Waals surface area contributed by atoms with Crippen molar-refractivity contribution in [3.63, 3.8) is 0 Å². The predicted octanol–water partition coefficient (Wildman–Crippen LogP) is 4.40. The number of carbonyl (C=O) groups excluding carboxylic acids is 1. The number of hydrogen-bond acceptors (Lipinski definition) is 9. The maximum absolute atomic E-state index is 13.0. The molecule has 6 aromatic rings. The Morgan fingerprint density at radius 2 is 1.73 bits per heavy atom. The summed E-state index contributed by atoms with van der Waals surface area (Å²) in [6, 6.07) is 30.9. The summed E-state index contributed by atoms with van der Waals surface area (Å²) in [7, 11) is 0. The Morgan fingerprint density at radius 3 is 2.52 bits per heavy atom. The second-order valence-electron chi connectivity index (χ2n) is 8.73. The first kappa shape index (κ1) is 24.5. The monoisotopic (exact) mass is 530 g/mol. The van der Waals surface area contributed by atoms with E-state index in [1.807, 2.05) is 72.8 Å². The third-order valence-electron chi connectivity index (χ3n) is 6.16. The van der Waals surface area contributed by atoms with Crippen LogP contribution in [0.2, 0.25) is 0 Å². The molecule has 4 aromatic carbocycles. The lowest BCUT2D eigenvalue weighted by molar-refractivity contribution is 0.0950. The number of rotatable bonds is 8. The van der Waals surface area contributed by atoms with Gasteiger partial charge in [0.25, 0.3) is 5.91 Å². The highest BCUT2D eigenvalue weighted by atomic mass is 16.6. The minimum atomic E-state index is -0.564. The summed E-state index contributed by atoms with van der Waals surface area (Å²) in [6.07, 6.45) is 1.53. The Kier molecular flexibility index (Phi) is 6.66. The third kappa shape index (κ3) is 4.98. The van der Waals surface area contributed by atoms with E-state index in [1.165, 1.54) is 21.7 Å². The van der Waals surface area contributed by atoms with E-state index in [4.69, 9.17) is 15.1 Å². The lowest BCUT2D eigenvalue weighted by atomic mass is 10.1. The number of nitrogen functional groups attached to an aromatic ring is 1. The molecule has 2 aromatic heterocycles. The summed E-state index contributed by atoms with van der Waals surface area (Å²) in [5.74, 6) is 0.291. The third-order valence-corrected chi connectivity index (χ3v) is 6.16. The molecule has 0 unspecified atom stereocenters. The van der Waals surface area contributed by atoms with Crippen molar-refractivity contribution < 1.29 is 14.2 Å². The molecule has 0 aliphatic heterocycles. The first-order valence-corrected chi connectivity index (χ1v) is 12.3. The normalized spacial score (nSPS) is 11.2. The van der Waals surface area contributed by atoms with E-state index in [9.17, 15) is 4.79 Å². The smallest absolute Gasteiger partial charge is 0.294 e. The molecule has 2 heterocycles. The van der Waals surface area contributed by atoms with Crippen LogP contribution in [0.5, 0.6) is 5.75 Å². The van der Waals surface area contributed by atoms with Crippen LogP contribution in [0.3, 0.4) is 0 Å². The van der Waals surface area contributed by atoms with E-state index in [-0.39, 0.29) is 17.3 Å². The van der Waals surface area contributed by atoms with E-state index in [0.29, 0.717) is 17.9 Å². The van der Waals surface area contributed by atoms with E-state index in [2.05, 4.69) is 55.4 Å². The summed E-state index contributed by atoms with van der Waals surface area (Å²) in [5, 5.41) is 21.9. The molecule has 3 N–H and O–H groups in total. The van der Waals surface area contributed by atoms with E-state index in [0.717, 1.165) is 16.9 Å². The molecular formula is C29H22N8O3. The number of hydrazone groups is 1. The minimum absolute atomic E-state index is 0.0107. The van der Waals surface area contributed by atoms with Gasteiger partial charge in [-0.05, 0) is 56.5 Å². The quantitative estimate of drug-likeness (QED) is 0.218. The van der Waals surface area contributed by atoms with Crippen molar-refractivity contribution in [1.82, 2.24) is 30.7 Å². The molecule has 11 heteroatoms. The van der Waals surface area contributed by atoms with Gasteiger partial charge in [-0.25, -0.2) is 10.1 Å². The number of carbonyl (C=O) groups is 1. The highest BCUT2D eigenvalue weighted by molar-refractivity contribution is 5.98. The van der Waals surface area contributed by atoms with Crippen LogP contribution in [0.25, 0.3) is 27.8 Å². The number of aromatic nitrogens is 5. The van der Waals surface area contributed by atoms with Crippen LogP contribution >= 0.6 is 0 Å². The van der Waals surface area contributed by atoms with Crippen molar-refractivity contribution >= 4 is 28.7 Å². The highest BCUT2D eigenvalue weighted by Crippen LogP contribution is 2.26. The van der Waals surface area contributed by atoms with Crippen LogP contribution in [0.15, 0.2) is 107 Å². The largest absolute Gasteiger partial charge is 0.489 e. The Morgan fingerprint density at radius 1 is 0.950 bits per heavy atom. The zero-order chi connectivity index (χ0) is 27.3. The fourth-order valence-electron chi connectivity index (χ4n) is 4.22. The molecule has 0 saturated carbocycles. The van der Waals surface area contributed by atoms with Gasteiger partial charge < -0.3 is 10.5 Å². The van der Waals surface area contributed by atoms with E-state index < -0.39 is 5.91 Å². The zero-order valence-corrected chi connectivity index (χ0v) is 21.0. The summed E-state index contributed by atoms with van der Waals surface area (Å²) in [4.78, 5) is 13.0. The fourth-order valence-corrected chi connectivity index (χ4v) is 4.22. The van der Waals surface area contributed by atoms with Gasteiger partial charge in [-0.15, -0.1) is 5.10 Å². The molecule has 0 aliphatic rings. The number of ether oxygens (including phenoxy) is 1. The van der Waals surface area contributed by atoms with Gasteiger partial charge in [0.05, 0.1) is 6.21 Å². The number of hydrogen-bond donors (Lipinski definition) is 2. The lowest BCUT2D eigenvalue weighted by Crippen LogP contribution is -2.19. The number of amides is 1. The summed E-state index contributed by atoms with van der Waals surface area (Å²) in [5.41, 5.74) is 11.3. The molecule has 0 spiro atoms. The summed E-state index contributed by atoms with van der Waals surface area (Å²) < 4.78 is 12.0. The lowest BCUT2D eigenvalue weighted by Gasteiger charge is -2.09. The average Bonchev–Trinajstić information content (AvgIpc) is 3.63. The van der Waals surface area contributed by atoms with Crippen LogP contribution in [-0.4, -0.2) is 37.4 Å². The van der Waals surface area contributed by atoms with Gasteiger partial charge in [-0.2, -0.15) is 9.78 Å². The highest BCUT2D eigenvalue weighted by Gasteiger charge is 2.25. The molecule has 0 atom stereocenters. The van der Waals surface area contributed by atoms with Crippen molar-refractivity contribution in [2.75, 3.05) is 5.73 Å². The number of benzene rings is 4. The molecule has 196 valence electrons. The molecule has 6 rings (SSSR count). The van der Waals surface area contributed by atoms with Crippen LogP contribution < -0.4 is 15.9 Å². The van der Waals surface area contributed by atoms with Gasteiger partial charge in [0.1, 0.15) is 18.1 Å². The molecule has 11 nitrogen and oxygen atoms in total. The number of nitrogens with one attached hydrogen (secondary N) is 1. The maximum Gasteiger partial charge on any atom is 0.294 e. The van der Waals surface area contributed by atoms with Crippen molar-refractivity contribution in [3.05, 3.63) is 114 Å². The van der Waals surface area contributed by atoms with Crippen LogP contribution in [0.1, 0.15) is 21.6 Å². The minimum Gasteiger partial charge on any atom is -0.489 e. The number of anilines is 1. The van der Waals surface area contributed by atoms with Gasteiger partial charge in [-0.1, -0.05) is 78.0 Å². The van der Waals surface area contributed by atoms with Gasteiger partial charge in [0.2, 0.25) is 11.6 Å². The van der Waals surface area contributed by atoms with Crippen molar-refractivity contribution in [2.24, 2.45) is 5.10 Å². The fraction of sp³-hybridized carbons (Fsp3) is 0.0345. The second kappa shape index (κ2) is 10.9. The second-order valence-corrected chi connectivity index (χ2v) is 8.73. The predicted molar refractivity (Wildman–Crippen MR) is 149 cm³/mol. The average molecular weight is 531 g/mol. The topological polar surface area (TPSA) is 146 Å². The van der Waals surface area contributed by atoms with E-state index >= 15 is 0 Å². The van der Waals surface area contributed by atoms with Crippen molar-refractivity contribution in [1.29, 1.82) is 0 Å². The van der Waals surface area contributed by atoms with Gasteiger partial charge in [0, 0.05) is 5.56 Å². The molecule has 0 saturated heterocycles. The van der Waals surface area contributed by atoms with E-state index in [1.54, 1.807) is 0 Å². The van der Waals surface area contributed by atoms with Gasteiger partial charge >= 0.3 is 0 Å². The number of fused-ring (bicyclic) bond motifs is 1. The standard InChI is InChI=1S/C29H22N8O3/c30-27-28(35-40-34-27)37-26(21-8-2-1-3-9-21)25(32-36-37)29(38)33-31-17-19-13-15-23(16-14-19)39-18-22-11-6-10-20-7-4-5-12-24(20)22/h1-17H,18H2,(H2,30,34)(H,33,38)/b31-17-. The van der Waals surface area contributed by atoms with Crippen molar-refractivity contribution in [3.8, 4) is 22.8 Å². The first-order valence-electron chi connectivity index (χ1n) is 12.3. The molecule has 40 heavy (non-hydrogen) atoms. The Labute approximate surface area is 227 Å². The van der Waals surface area contributed by atoms with Gasteiger partial charge in [0.15, 0.2) is 5.69 Å². The molecule has 0 bridgehead atoms. The summed E-state index contributed by atoms with van der Waals surface area (Å²) in [6.45, 7) is 0.450. The Balaban J connectivity index is 1.14.